The molecule has 2 aliphatic carbocycles. The molecule has 5 heteroatoms. The maximum atomic E-state index is 9.17. The van der Waals surface area contributed by atoms with Gasteiger partial charge in [0, 0.05) is 21.0 Å². The molecule has 2 aromatic rings. The number of benzene rings is 1. The summed E-state index contributed by atoms with van der Waals surface area (Å²) in [7, 11) is 0. The Morgan fingerprint density at radius 3 is 3.09 bits per heavy atom. The van der Waals surface area contributed by atoms with E-state index in [9.17, 15) is 0 Å². The van der Waals surface area contributed by atoms with Crippen molar-refractivity contribution in [3.63, 3.8) is 0 Å². The fraction of sp³-hybridized carbons (Fsp3) is 0.353. The minimum absolute atomic E-state index is 0.0951. The Kier molecular flexibility index (Phi) is 2.98. The van der Waals surface area contributed by atoms with E-state index in [0.29, 0.717) is 0 Å². The van der Waals surface area contributed by atoms with Crippen molar-refractivity contribution in [3.05, 3.63) is 50.8 Å². The summed E-state index contributed by atoms with van der Waals surface area (Å²) in [4.78, 5) is 4.22. The number of rotatable bonds is 0. The van der Waals surface area contributed by atoms with Gasteiger partial charge in [-0.1, -0.05) is 27.2 Å². The van der Waals surface area contributed by atoms with Gasteiger partial charge in [0.1, 0.15) is 5.76 Å². The Labute approximate surface area is 137 Å². The Morgan fingerprint density at radius 2 is 2.27 bits per heavy atom. The number of hydrogen-bond acceptors (Lipinski definition) is 4. The van der Waals surface area contributed by atoms with Crippen LogP contribution in [0.5, 0.6) is 0 Å². The predicted octanol–water partition coefficient (Wildman–Crippen LogP) is 3.75. The largest absolute Gasteiger partial charge is 0.361 e. The third kappa shape index (κ3) is 1.87. The summed E-state index contributed by atoms with van der Waals surface area (Å²) in [5.41, 5.74) is 5.48. The van der Waals surface area contributed by atoms with Gasteiger partial charge >= 0.3 is 0 Å². The molecule has 0 N–H and O–H groups in total. The van der Waals surface area contributed by atoms with Crippen LogP contribution in [0.3, 0.4) is 0 Å². The maximum Gasteiger partial charge on any atom is 0.205 e. The quantitative estimate of drug-likeness (QED) is 0.676. The molecule has 1 aromatic carbocycles. The first-order chi connectivity index (χ1) is 10.6. The number of fused-ring (bicyclic) bond motifs is 2. The van der Waals surface area contributed by atoms with Crippen molar-refractivity contribution in [2.24, 2.45) is 10.4 Å². The molecule has 110 valence electrons. The molecule has 0 fully saturated rings. The normalized spacial score (nSPS) is 24.3. The van der Waals surface area contributed by atoms with Crippen LogP contribution in [0.25, 0.3) is 0 Å². The van der Waals surface area contributed by atoms with Crippen molar-refractivity contribution in [2.75, 3.05) is 0 Å². The number of nitriles is 1. The molecule has 22 heavy (non-hydrogen) atoms. The van der Waals surface area contributed by atoms with E-state index >= 15 is 0 Å². The molecule has 0 radical (unpaired) electrons. The van der Waals surface area contributed by atoms with Crippen LogP contribution in [0.1, 0.15) is 34.6 Å². The van der Waals surface area contributed by atoms with Crippen LogP contribution in [-0.4, -0.2) is 10.9 Å². The Bertz CT molecular complexity index is 846. The second kappa shape index (κ2) is 4.79. The average Bonchev–Trinajstić information content (AvgIpc) is 3.00. The number of aliphatic imine (C=N–C) groups is 1. The lowest BCUT2D eigenvalue weighted by Crippen LogP contribution is -2.35. The van der Waals surface area contributed by atoms with E-state index in [1.54, 1.807) is 0 Å². The number of aromatic nitrogens is 1. The van der Waals surface area contributed by atoms with Crippen LogP contribution in [0.2, 0.25) is 0 Å². The first-order valence-corrected chi connectivity index (χ1v) is 8.12. The molecule has 1 heterocycles. The second-order valence-electron chi connectivity index (χ2n) is 6.16. The summed E-state index contributed by atoms with van der Waals surface area (Å²) in [6.45, 7) is 1.96. The van der Waals surface area contributed by atoms with Crippen molar-refractivity contribution in [2.45, 2.75) is 32.6 Å². The fourth-order valence-corrected chi connectivity index (χ4v) is 4.24. The monoisotopic (exact) mass is 355 g/mol. The van der Waals surface area contributed by atoms with E-state index in [1.807, 2.05) is 13.1 Å². The predicted molar refractivity (Wildman–Crippen MR) is 85.7 cm³/mol. The Hall–Kier alpha value is -1.93. The van der Waals surface area contributed by atoms with Gasteiger partial charge in [-0.15, -0.1) is 0 Å². The molecule has 0 bridgehead atoms. The molecule has 4 nitrogen and oxygen atoms in total. The summed E-state index contributed by atoms with van der Waals surface area (Å²) in [6, 6.07) is 6.27. The first kappa shape index (κ1) is 13.7. The third-order valence-electron chi connectivity index (χ3n) is 4.94. The number of aryl methyl sites for hydroxylation is 2. The van der Waals surface area contributed by atoms with Crippen molar-refractivity contribution in [1.29, 1.82) is 5.26 Å². The van der Waals surface area contributed by atoms with Crippen LogP contribution in [0.15, 0.2) is 32.2 Å². The summed E-state index contributed by atoms with van der Waals surface area (Å²) in [5.74, 6) is 0.891. The summed E-state index contributed by atoms with van der Waals surface area (Å²) in [5, 5.41) is 13.3. The van der Waals surface area contributed by atoms with Crippen LogP contribution < -0.4 is 0 Å². The summed E-state index contributed by atoms with van der Waals surface area (Å²) < 4.78 is 6.37. The highest BCUT2D eigenvalue weighted by molar-refractivity contribution is 9.10. The van der Waals surface area contributed by atoms with Gasteiger partial charge in [0.05, 0.1) is 11.4 Å². The van der Waals surface area contributed by atoms with E-state index in [0.717, 1.165) is 52.9 Å². The lowest BCUT2D eigenvalue weighted by molar-refractivity contribution is 0.367. The van der Waals surface area contributed by atoms with Crippen LogP contribution in [-0.2, 0) is 19.3 Å². The van der Waals surface area contributed by atoms with Crippen LogP contribution in [0, 0.1) is 23.8 Å². The van der Waals surface area contributed by atoms with Crippen molar-refractivity contribution in [1.82, 2.24) is 5.16 Å². The van der Waals surface area contributed by atoms with Gasteiger partial charge in [-0.2, -0.15) is 10.3 Å². The van der Waals surface area contributed by atoms with E-state index < -0.39 is 0 Å². The SMILES string of the molecule is Cc1onc2c1CC1(CC2)Cc2ccc(Br)cc2/C1=N\C#N. The highest BCUT2D eigenvalue weighted by Crippen LogP contribution is 2.47. The number of hydrogen-bond donors (Lipinski definition) is 0. The fourth-order valence-electron chi connectivity index (χ4n) is 3.88. The van der Waals surface area contributed by atoms with Crippen molar-refractivity contribution in [3.8, 4) is 6.19 Å². The molecular weight excluding hydrogens is 342 g/mol. The molecule has 1 atom stereocenters. The lowest BCUT2D eigenvalue weighted by Gasteiger charge is -2.33. The lowest BCUT2D eigenvalue weighted by atomic mass is 9.70. The molecule has 0 saturated carbocycles. The summed E-state index contributed by atoms with van der Waals surface area (Å²) in [6.07, 6.45) is 5.63. The molecule has 1 spiro atoms. The number of halogens is 1. The van der Waals surface area contributed by atoms with Crippen LogP contribution in [0.4, 0.5) is 0 Å². The van der Waals surface area contributed by atoms with Crippen LogP contribution >= 0.6 is 15.9 Å². The van der Waals surface area contributed by atoms with Gasteiger partial charge in [-0.05, 0) is 50.3 Å². The molecule has 0 amide bonds. The molecule has 4 rings (SSSR count). The molecule has 0 aliphatic heterocycles. The minimum atomic E-state index is -0.0951. The van der Waals surface area contributed by atoms with E-state index in [2.05, 4.69) is 44.3 Å². The number of nitrogens with zero attached hydrogens (tertiary/aromatic N) is 3. The third-order valence-corrected chi connectivity index (χ3v) is 5.43. The zero-order valence-corrected chi connectivity index (χ0v) is 13.8. The minimum Gasteiger partial charge on any atom is -0.361 e. The zero-order chi connectivity index (χ0) is 15.3. The first-order valence-electron chi connectivity index (χ1n) is 7.33. The molecule has 0 saturated heterocycles. The maximum absolute atomic E-state index is 9.17. The Balaban J connectivity index is 1.85. The highest BCUT2D eigenvalue weighted by Gasteiger charge is 2.46. The van der Waals surface area contributed by atoms with Gasteiger partial charge in [0.25, 0.3) is 0 Å². The van der Waals surface area contributed by atoms with E-state index in [1.165, 1.54) is 11.1 Å². The van der Waals surface area contributed by atoms with Gasteiger partial charge in [-0.3, -0.25) is 0 Å². The van der Waals surface area contributed by atoms with Gasteiger partial charge in [0.2, 0.25) is 6.19 Å². The van der Waals surface area contributed by atoms with E-state index in [-0.39, 0.29) is 5.41 Å². The average molecular weight is 356 g/mol. The van der Waals surface area contributed by atoms with Gasteiger partial charge in [0.15, 0.2) is 0 Å². The highest BCUT2D eigenvalue weighted by atomic mass is 79.9. The second-order valence-corrected chi connectivity index (χ2v) is 7.08. The topological polar surface area (TPSA) is 62.2 Å². The molecule has 1 aromatic heterocycles. The van der Waals surface area contributed by atoms with Crippen molar-refractivity contribution < 1.29 is 4.52 Å². The van der Waals surface area contributed by atoms with Gasteiger partial charge < -0.3 is 4.52 Å². The molecular formula is C17H14BrN3O. The van der Waals surface area contributed by atoms with Crippen molar-refractivity contribution >= 4 is 21.6 Å². The molecule has 1 unspecified atom stereocenters. The smallest absolute Gasteiger partial charge is 0.205 e. The molecule has 2 aliphatic rings. The van der Waals surface area contributed by atoms with E-state index in [4.69, 9.17) is 9.78 Å². The standard InChI is InChI=1S/C17H14BrN3O/c1-10-14-8-17(5-4-15(14)21-22-10)7-11-2-3-12(18)6-13(11)16(17)20-9-19/h2-3,6H,4-5,7-8H2,1H3/b20-16+. The zero-order valence-electron chi connectivity index (χ0n) is 12.2. The summed E-state index contributed by atoms with van der Waals surface area (Å²) >= 11 is 3.52. The Morgan fingerprint density at radius 1 is 1.41 bits per heavy atom. The van der Waals surface area contributed by atoms with Gasteiger partial charge in [-0.25, -0.2) is 0 Å².